The summed E-state index contributed by atoms with van der Waals surface area (Å²) in [5, 5.41) is 0. The van der Waals surface area contributed by atoms with Gasteiger partial charge in [-0.3, -0.25) is 0 Å². The molecule has 1 aromatic carbocycles. The van der Waals surface area contributed by atoms with Crippen LogP contribution in [-0.2, 0) is 6.54 Å². The quantitative estimate of drug-likeness (QED) is 0.895. The van der Waals surface area contributed by atoms with Crippen molar-refractivity contribution in [1.82, 2.24) is 4.98 Å². The third-order valence-electron chi connectivity index (χ3n) is 2.75. The minimum absolute atomic E-state index is 0.488. The molecule has 0 aliphatic rings. The van der Waals surface area contributed by atoms with Crippen LogP contribution in [0, 0.1) is 6.92 Å². The number of nitrogens with zero attached hydrogens (tertiary/aromatic N) is 1. The molecule has 0 spiro atoms. The SMILES string of the molecule is CCOc1ccc(Oc2ccc(CN)c(C)n2)cc1. The molecule has 1 aromatic heterocycles. The molecule has 0 bridgehead atoms. The molecule has 0 atom stereocenters. The number of hydrogen-bond acceptors (Lipinski definition) is 4. The maximum absolute atomic E-state index is 5.68. The zero-order valence-corrected chi connectivity index (χ0v) is 11.2. The Labute approximate surface area is 113 Å². The van der Waals surface area contributed by atoms with Gasteiger partial charge >= 0.3 is 0 Å². The van der Waals surface area contributed by atoms with Crippen LogP contribution in [0.15, 0.2) is 36.4 Å². The Morgan fingerprint density at radius 3 is 2.32 bits per heavy atom. The third kappa shape index (κ3) is 3.45. The second kappa shape index (κ2) is 6.20. The Morgan fingerprint density at radius 2 is 1.74 bits per heavy atom. The predicted octanol–water partition coefficient (Wildman–Crippen LogP) is 3.04. The van der Waals surface area contributed by atoms with E-state index in [0.717, 1.165) is 22.8 Å². The Kier molecular flexibility index (Phi) is 4.36. The van der Waals surface area contributed by atoms with Crippen molar-refractivity contribution in [2.24, 2.45) is 5.73 Å². The normalized spacial score (nSPS) is 10.3. The molecule has 4 nitrogen and oxygen atoms in total. The second-order valence-electron chi connectivity index (χ2n) is 4.10. The van der Waals surface area contributed by atoms with Crippen LogP contribution in [0.4, 0.5) is 0 Å². The minimum atomic E-state index is 0.488. The third-order valence-corrected chi connectivity index (χ3v) is 2.75. The first-order valence-corrected chi connectivity index (χ1v) is 6.30. The maximum atomic E-state index is 5.68. The van der Waals surface area contributed by atoms with Gasteiger partial charge in [-0.1, -0.05) is 6.07 Å². The lowest BCUT2D eigenvalue weighted by Gasteiger charge is -2.08. The fourth-order valence-corrected chi connectivity index (χ4v) is 1.73. The molecule has 0 saturated carbocycles. The van der Waals surface area contributed by atoms with Crippen molar-refractivity contribution >= 4 is 0 Å². The fourth-order valence-electron chi connectivity index (χ4n) is 1.73. The van der Waals surface area contributed by atoms with E-state index in [-0.39, 0.29) is 0 Å². The molecule has 4 heteroatoms. The van der Waals surface area contributed by atoms with Gasteiger partial charge in [0.1, 0.15) is 11.5 Å². The van der Waals surface area contributed by atoms with Gasteiger partial charge in [0.05, 0.1) is 6.61 Å². The van der Waals surface area contributed by atoms with Gasteiger partial charge in [0.15, 0.2) is 0 Å². The van der Waals surface area contributed by atoms with E-state index < -0.39 is 0 Å². The van der Waals surface area contributed by atoms with Crippen LogP contribution < -0.4 is 15.2 Å². The molecule has 0 saturated heterocycles. The zero-order valence-electron chi connectivity index (χ0n) is 11.2. The number of hydrogen-bond donors (Lipinski definition) is 1. The second-order valence-corrected chi connectivity index (χ2v) is 4.10. The standard InChI is InChI=1S/C15H18N2O2/c1-3-18-13-5-7-14(8-6-13)19-15-9-4-12(10-16)11(2)17-15/h4-9H,3,10,16H2,1-2H3. The smallest absolute Gasteiger partial charge is 0.219 e. The summed E-state index contributed by atoms with van der Waals surface area (Å²) in [6.45, 7) is 5.02. The first-order chi connectivity index (χ1) is 9.22. The number of benzene rings is 1. The highest BCUT2D eigenvalue weighted by molar-refractivity contribution is 5.34. The molecule has 2 N–H and O–H groups in total. The number of aryl methyl sites for hydroxylation is 1. The molecule has 2 aromatic rings. The zero-order chi connectivity index (χ0) is 13.7. The van der Waals surface area contributed by atoms with E-state index in [1.165, 1.54) is 0 Å². The lowest BCUT2D eigenvalue weighted by molar-refractivity contribution is 0.339. The average Bonchev–Trinajstić information content (AvgIpc) is 2.42. The molecule has 100 valence electrons. The number of aromatic nitrogens is 1. The molecule has 0 aliphatic heterocycles. The molecule has 0 aliphatic carbocycles. The number of ether oxygens (including phenoxy) is 2. The number of pyridine rings is 1. The minimum Gasteiger partial charge on any atom is -0.494 e. The molecule has 0 fully saturated rings. The lowest BCUT2D eigenvalue weighted by Crippen LogP contribution is -2.01. The molecule has 0 amide bonds. The van der Waals surface area contributed by atoms with Gasteiger partial charge in [-0.15, -0.1) is 0 Å². The summed E-state index contributed by atoms with van der Waals surface area (Å²) in [4.78, 5) is 4.36. The fraction of sp³-hybridized carbons (Fsp3) is 0.267. The summed E-state index contributed by atoms with van der Waals surface area (Å²) >= 11 is 0. The van der Waals surface area contributed by atoms with Crippen LogP contribution >= 0.6 is 0 Å². The van der Waals surface area contributed by atoms with Gasteiger partial charge in [0.2, 0.25) is 5.88 Å². The summed E-state index contributed by atoms with van der Waals surface area (Å²) in [5.41, 5.74) is 7.52. The van der Waals surface area contributed by atoms with Crippen molar-refractivity contribution in [3.05, 3.63) is 47.7 Å². The highest BCUT2D eigenvalue weighted by Crippen LogP contribution is 2.23. The predicted molar refractivity (Wildman–Crippen MR) is 74.6 cm³/mol. The van der Waals surface area contributed by atoms with E-state index in [1.807, 2.05) is 50.2 Å². The van der Waals surface area contributed by atoms with Gasteiger partial charge in [0, 0.05) is 18.3 Å². The van der Waals surface area contributed by atoms with Crippen molar-refractivity contribution in [3.8, 4) is 17.4 Å². The lowest BCUT2D eigenvalue weighted by atomic mass is 10.2. The Balaban J connectivity index is 2.10. The van der Waals surface area contributed by atoms with E-state index in [2.05, 4.69) is 4.98 Å². The van der Waals surface area contributed by atoms with Crippen LogP contribution in [-0.4, -0.2) is 11.6 Å². The topological polar surface area (TPSA) is 57.4 Å². The first-order valence-electron chi connectivity index (χ1n) is 6.30. The van der Waals surface area contributed by atoms with E-state index in [9.17, 15) is 0 Å². The van der Waals surface area contributed by atoms with E-state index in [0.29, 0.717) is 19.0 Å². The molecule has 0 radical (unpaired) electrons. The highest BCUT2D eigenvalue weighted by Gasteiger charge is 2.03. The van der Waals surface area contributed by atoms with Crippen LogP contribution in [0.25, 0.3) is 0 Å². The Hall–Kier alpha value is -2.07. The summed E-state index contributed by atoms with van der Waals surface area (Å²) in [7, 11) is 0. The van der Waals surface area contributed by atoms with Crippen molar-refractivity contribution < 1.29 is 9.47 Å². The Morgan fingerprint density at radius 1 is 1.05 bits per heavy atom. The van der Waals surface area contributed by atoms with Crippen molar-refractivity contribution in [1.29, 1.82) is 0 Å². The summed E-state index contributed by atoms with van der Waals surface area (Å²) < 4.78 is 11.1. The summed E-state index contributed by atoms with van der Waals surface area (Å²) in [5.74, 6) is 2.13. The van der Waals surface area contributed by atoms with E-state index in [4.69, 9.17) is 15.2 Å². The first kappa shape index (κ1) is 13.4. The molecule has 0 unspecified atom stereocenters. The molecular weight excluding hydrogens is 240 g/mol. The monoisotopic (exact) mass is 258 g/mol. The van der Waals surface area contributed by atoms with Crippen molar-refractivity contribution in [2.45, 2.75) is 20.4 Å². The maximum Gasteiger partial charge on any atom is 0.219 e. The molecule has 19 heavy (non-hydrogen) atoms. The molecular formula is C15H18N2O2. The van der Waals surface area contributed by atoms with Crippen LogP contribution in [0.1, 0.15) is 18.2 Å². The van der Waals surface area contributed by atoms with Crippen molar-refractivity contribution in [3.63, 3.8) is 0 Å². The summed E-state index contributed by atoms with van der Waals surface area (Å²) in [6.07, 6.45) is 0. The number of nitrogens with two attached hydrogens (primary N) is 1. The average molecular weight is 258 g/mol. The van der Waals surface area contributed by atoms with Gasteiger partial charge in [-0.2, -0.15) is 0 Å². The van der Waals surface area contributed by atoms with Gasteiger partial charge in [-0.25, -0.2) is 4.98 Å². The molecule has 2 rings (SSSR count). The highest BCUT2D eigenvalue weighted by atomic mass is 16.5. The van der Waals surface area contributed by atoms with Gasteiger partial charge in [-0.05, 0) is 43.7 Å². The summed E-state index contributed by atoms with van der Waals surface area (Å²) in [6, 6.07) is 11.2. The van der Waals surface area contributed by atoms with E-state index >= 15 is 0 Å². The largest absolute Gasteiger partial charge is 0.494 e. The Bertz CT molecular complexity index is 538. The number of rotatable bonds is 5. The molecule has 1 heterocycles. The van der Waals surface area contributed by atoms with E-state index in [1.54, 1.807) is 0 Å². The van der Waals surface area contributed by atoms with Crippen LogP contribution in [0.3, 0.4) is 0 Å². The van der Waals surface area contributed by atoms with Crippen LogP contribution in [0.5, 0.6) is 17.4 Å². The van der Waals surface area contributed by atoms with Crippen LogP contribution in [0.2, 0.25) is 0 Å². The van der Waals surface area contributed by atoms with Gasteiger partial charge in [0.25, 0.3) is 0 Å². The van der Waals surface area contributed by atoms with Crippen molar-refractivity contribution in [2.75, 3.05) is 6.61 Å². The van der Waals surface area contributed by atoms with Gasteiger partial charge < -0.3 is 15.2 Å².